The average Bonchev–Trinajstić information content (AvgIpc) is 3.07. The van der Waals surface area contributed by atoms with Crippen LogP contribution >= 0.6 is 0 Å². The molecule has 1 atom stereocenters. The van der Waals surface area contributed by atoms with Crippen LogP contribution in [0.4, 0.5) is 33.6 Å². The first-order valence-corrected chi connectivity index (χ1v) is 8.52. The molecule has 0 spiro atoms. The van der Waals surface area contributed by atoms with Gasteiger partial charge in [0, 0.05) is 25.0 Å². The molecule has 0 saturated carbocycles. The molecule has 2 heterocycles. The van der Waals surface area contributed by atoms with Gasteiger partial charge in [0.15, 0.2) is 0 Å². The van der Waals surface area contributed by atoms with Gasteiger partial charge in [-0.25, -0.2) is 31.9 Å². The minimum atomic E-state index is -3.06. The van der Waals surface area contributed by atoms with Crippen molar-refractivity contribution in [2.75, 3.05) is 12.0 Å². The van der Waals surface area contributed by atoms with Crippen LogP contribution in [-0.2, 0) is 7.05 Å². The number of nitrogens with one attached hydrogen (secondary N) is 2. The lowest BCUT2D eigenvalue weighted by atomic mass is 10.2. The normalized spacial score (nSPS) is 12.1. The highest BCUT2D eigenvalue weighted by Crippen LogP contribution is 2.21. The second-order valence-corrected chi connectivity index (χ2v) is 6.16. The predicted molar refractivity (Wildman–Crippen MR) is 97.1 cm³/mol. The van der Waals surface area contributed by atoms with Crippen LogP contribution in [0.3, 0.4) is 0 Å². The molecule has 7 nitrogen and oxygen atoms in total. The third-order valence-electron chi connectivity index (χ3n) is 3.94. The van der Waals surface area contributed by atoms with E-state index in [1.54, 1.807) is 0 Å². The Bertz CT molecular complexity index is 1040. The van der Waals surface area contributed by atoms with E-state index < -0.39 is 36.7 Å². The van der Waals surface area contributed by atoms with Crippen LogP contribution in [0.1, 0.15) is 10.5 Å². The van der Waals surface area contributed by atoms with Crippen LogP contribution in [0.15, 0.2) is 36.5 Å². The van der Waals surface area contributed by atoms with Gasteiger partial charge in [-0.15, -0.1) is 0 Å². The molecule has 12 heteroatoms. The quantitative estimate of drug-likeness (QED) is 0.567. The maximum atomic E-state index is 13.3. The molecule has 0 fully saturated rings. The van der Waals surface area contributed by atoms with Crippen molar-refractivity contribution in [1.29, 1.82) is 0 Å². The lowest BCUT2D eigenvalue weighted by molar-refractivity contribution is 0.0674. The van der Waals surface area contributed by atoms with Crippen LogP contribution in [-0.4, -0.2) is 44.8 Å². The van der Waals surface area contributed by atoms with Crippen molar-refractivity contribution in [2.24, 2.45) is 7.05 Å². The smallest absolute Gasteiger partial charge is 0.270 e. The van der Waals surface area contributed by atoms with Crippen LogP contribution in [0.5, 0.6) is 0 Å². The van der Waals surface area contributed by atoms with Crippen molar-refractivity contribution in [3.8, 4) is 11.4 Å². The van der Waals surface area contributed by atoms with Gasteiger partial charge in [0.05, 0.1) is 5.69 Å². The number of anilines is 2. The molecule has 0 aliphatic rings. The van der Waals surface area contributed by atoms with E-state index in [1.807, 2.05) is 5.32 Å². The molecule has 2 aromatic heterocycles. The largest absolute Gasteiger partial charge is 0.340 e. The molecule has 0 bridgehead atoms. The van der Waals surface area contributed by atoms with E-state index >= 15 is 0 Å². The van der Waals surface area contributed by atoms with E-state index in [4.69, 9.17) is 0 Å². The monoisotopic (exact) mass is 426 g/mol. The molecule has 0 saturated heterocycles. The van der Waals surface area contributed by atoms with E-state index in [0.717, 1.165) is 16.8 Å². The Morgan fingerprint density at radius 3 is 2.47 bits per heavy atom. The van der Waals surface area contributed by atoms with E-state index in [0.29, 0.717) is 6.07 Å². The number of aryl methyl sites for hydroxylation is 1. The van der Waals surface area contributed by atoms with Crippen molar-refractivity contribution >= 4 is 17.5 Å². The maximum absolute atomic E-state index is 13.3. The van der Waals surface area contributed by atoms with Crippen LogP contribution < -0.4 is 10.6 Å². The fraction of sp³-hybridized carbons (Fsp3) is 0.222. The number of rotatable bonds is 7. The van der Waals surface area contributed by atoms with Crippen molar-refractivity contribution in [1.82, 2.24) is 25.1 Å². The summed E-state index contributed by atoms with van der Waals surface area (Å²) < 4.78 is 65.8. The summed E-state index contributed by atoms with van der Waals surface area (Å²) in [5.41, 5.74) is 0.432. The Morgan fingerprint density at radius 1 is 1.13 bits per heavy atom. The number of benzene rings is 1. The standard InChI is InChI=1S/C18H15F5N6O/c1-29-15(17(30)26-14(8-19)16(22)23)7-13(28-29)12-2-3-24-18(27-12)25-11-5-9(20)4-10(21)6-11/h2-7,14,16H,8H2,1H3,(H,26,30)(H,24,25,27)/t14-/m0/s1. The minimum absolute atomic E-state index is 0.00403. The molecule has 3 aromatic rings. The number of carbonyl (C=O) groups excluding carboxylic acids is 1. The second kappa shape index (κ2) is 8.84. The Morgan fingerprint density at radius 2 is 1.83 bits per heavy atom. The first-order chi connectivity index (χ1) is 14.3. The second-order valence-electron chi connectivity index (χ2n) is 6.16. The molecule has 1 amide bonds. The van der Waals surface area contributed by atoms with E-state index in [9.17, 15) is 26.7 Å². The van der Waals surface area contributed by atoms with Gasteiger partial charge in [-0.2, -0.15) is 5.10 Å². The zero-order valence-corrected chi connectivity index (χ0v) is 15.4. The average molecular weight is 426 g/mol. The summed E-state index contributed by atoms with van der Waals surface area (Å²) in [6, 6.07) is 3.62. The van der Waals surface area contributed by atoms with E-state index in [1.165, 1.54) is 25.4 Å². The zero-order valence-electron chi connectivity index (χ0n) is 15.4. The first kappa shape index (κ1) is 21.1. The summed E-state index contributed by atoms with van der Waals surface area (Å²) in [6.07, 6.45) is -1.71. The Kier molecular flexibility index (Phi) is 6.23. The number of aromatic nitrogens is 4. The predicted octanol–water partition coefficient (Wildman–Crippen LogP) is 3.23. The van der Waals surface area contributed by atoms with Gasteiger partial charge in [0.1, 0.15) is 35.7 Å². The van der Waals surface area contributed by atoms with Gasteiger partial charge in [-0.3, -0.25) is 9.48 Å². The maximum Gasteiger partial charge on any atom is 0.270 e. The molecule has 3 rings (SSSR count). The zero-order chi connectivity index (χ0) is 21.8. The molecular weight excluding hydrogens is 411 g/mol. The summed E-state index contributed by atoms with van der Waals surface area (Å²) in [4.78, 5) is 20.3. The van der Waals surface area contributed by atoms with Crippen molar-refractivity contribution in [3.05, 3.63) is 53.9 Å². The molecule has 0 aliphatic carbocycles. The van der Waals surface area contributed by atoms with Gasteiger partial charge in [-0.05, 0) is 24.3 Å². The number of hydrogen-bond acceptors (Lipinski definition) is 5. The first-order valence-electron chi connectivity index (χ1n) is 8.52. The Hall–Kier alpha value is -3.57. The fourth-order valence-electron chi connectivity index (χ4n) is 2.53. The number of hydrogen-bond donors (Lipinski definition) is 2. The number of alkyl halides is 3. The number of halogens is 5. The Labute approximate surface area is 167 Å². The summed E-state index contributed by atoms with van der Waals surface area (Å²) in [5, 5.41) is 8.64. The van der Waals surface area contributed by atoms with Crippen LogP contribution in [0.25, 0.3) is 11.4 Å². The summed E-state index contributed by atoms with van der Waals surface area (Å²) >= 11 is 0. The fourth-order valence-corrected chi connectivity index (χ4v) is 2.53. The minimum Gasteiger partial charge on any atom is -0.340 e. The van der Waals surface area contributed by atoms with Gasteiger partial charge in [-0.1, -0.05) is 0 Å². The van der Waals surface area contributed by atoms with Gasteiger partial charge in [0.25, 0.3) is 12.3 Å². The molecule has 1 aromatic carbocycles. The molecule has 30 heavy (non-hydrogen) atoms. The summed E-state index contributed by atoms with van der Waals surface area (Å²) in [6.45, 7) is -1.42. The molecule has 0 radical (unpaired) electrons. The number of carbonyl (C=O) groups is 1. The molecule has 158 valence electrons. The lowest BCUT2D eigenvalue weighted by Gasteiger charge is -2.13. The summed E-state index contributed by atoms with van der Waals surface area (Å²) in [5.74, 6) is -2.50. The summed E-state index contributed by atoms with van der Waals surface area (Å²) in [7, 11) is 1.40. The van der Waals surface area contributed by atoms with E-state index in [2.05, 4.69) is 20.4 Å². The van der Waals surface area contributed by atoms with Crippen molar-refractivity contribution in [3.63, 3.8) is 0 Å². The van der Waals surface area contributed by atoms with Gasteiger partial charge >= 0.3 is 0 Å². The van der Waals surface area contributed by atoms with Crippen LogP contribution in [0.2, 0.25) is 0 Å². The number of amides is 1. The van der Waals surface area contributed by atoms with E-state index in [-0.39, 0.29) is 28.7 Å². The topological polar surface area (TPSA) is 84.7 Å². The number of nitrogens with zero attached hydrogens (tertiary/aromatic N) is 4. The lowest BCUT2D eigenvalue weighted by Crippen LogP contribution is -2.42. The molecule has 2 N–H and O–H groups in total. The van der Waals surface area contributed by atoms with Crippen LogP contribution in [0, 0.1) is 11.6 Å². The highest BCUT2D eigenvalue weighted by atomic mass is 19.3. The van der Waals surface area contributed by atoms with Gasteiger partial charge in [0.2, 0.25) is 5.95 Å². The Balaban J connectivity index is 1.82. The molecule has 0 aliphatic heterocycles. The molecular formula is C18H15F5N6O. The third-order valence-corrected chi connectivity index (χ3v) is 3.94. The highest BCUT2D eigenvalue weighted by Gasteiger charge is 2.25. The van der Waals surface area contributed by atoms with Crippen molar-refractivity contribution in [2.45, 2.75) is 12.5 Å². The van der Waals surface area contributed by atoms with Gasteiger partial charge < -0.3 is 10.6 Å². The molecule has 0 unspecified atom stereocenters. The van der Waals surface area contributed by atoms with Crippen molar-refractivity contribution < 1.29 is 26.7 Å². The SMILES string of the molecule is Cn1nc(-c2ccnc(Nc3cc(F)cc(F)c3)n2)cc1C(=O)N[C@@H](CF)C(F)F. The third kappa shape index (κ3) is 4.88. The highest BCUT2D eigenvalue weighted by molar-refractivity contribution is 5.93.